The molecule has 1 aliphatic rings. The van der Waals surface area contributed by atoms with Gasteiger partial charge in [0.2, 0.25) is 12.7 Å². The van der Waals surface area contributed by atoms with Crippen LogP contribution in [-0.4, -0.2) is 36.9 Å². The molecular formula is C15H17N5O3. The number of benzene rings is 1. The molecule has 3 rings (SSSR count). The zero-order valence-corrected chi connectivity index (χ0v) is 12.9. The Hall–Kier alpha value is -3.03. The highest BCUT2D eigenvalue weighted by molar-refractivity contribution is 5.89. The molecule has 2 aromatic rings. The normalized spacial score (nSPS) is 11.9. The van der Waals surface area contributed by atoms with Crippen LogP contribution in [0.2, 0.25) is 0 Å². The van der Waals surface area contributed by atoms with E-state index in [1.54, 1.807) is 35.4 Å². The molecule has 0 atom stereocenters. The van der Waals surface area contributed by atoms with Gasteiger partial charge in [0.25, 0.3) is 0 Å². The van der Waals surface area contributed by atoms with Crippen LogP contribution in [0.5, 0.6) is 11.5 Å². The lowest BCUT2D eigenvalue weighted by molar-refractivity contribution is 0.174. The molecule has 8 nitrogen and oxygen atoms in total. The van der Waals surface area contributed by atoms with Crippen LogP contribution < -0.4 is 25.0 Å². The van der Waals surface area contributed by atoms with Gasteiger partial charge in [0.05, 0.1) is 12.2 Å². The minimum atomic E-state index is -0.325. The third-order valence-corrected chi connectivity index (χ3v) is 3.16. The highest BCUT2D eigenvalue weighted by Crippen LogP contribution is 2.34. The average Bonchev–Trinajstić information content (AvgIpc) is 3.01. The molecule has 1 aromatic carbocycles. The lowest BCUT2D eigenvalue weighted by Crippen LogP contribution is -2.28. The molecule has 8 heteroatoms. The molecule has 120 valence electrons. The predicted octanol–water partition coefficient (Wildman–Crippen LogP) is 1.59. The van der Waals surface area contributed by atoms with Gasteiger partial charge in [-0.1, -0.05) is 0 Å². The van der Waals surface area contributed by atoms with Gasteiger partial charge < -0.3 is 25.0 Å². The third-order valence-electron chi connectivity index (χ3n) is 3.16. The number of nitrogens with zero attached hydrogens (tertiary/aromatic N) is 3. The Morgan fingerprint density at radius 2 is 2.09 bits per heavy atom. The fourth-order valence-electron chi connectivity index (χ4n) is 2.02. The van der Waals surface area contributed by atoms with Crippen molar-refractivity contribution in [1.29, 1.82) is 0 Å². The van der Waals surface area contributed by atoms with E-state index in [9.17, 15) is 4.79 Å². The van der Waals surface area contributed by atoms with Crippen molar-refractivity contribution < 1.29 is 14.3 Å². The van der Waals surface area contributed by atoms with E-state index in [-0.39, 0.29) is 12.8 Å². The fraction of sp³-hybridized carbons (Fsp3) is 0.267. The molecule has 0 fully saturated rings. The lowest BCUT2D eigenvalue weighted by Gasteiger charge is -2.11. The van der Waals surface area contributed by atoms with E-state index in [0.717, 1.165) is 5.69 Å². The number of hydrogen-bond acceptors (Lipinski definition) is 6. The average molecular weight is 315 g/mol. The second-order valence-corrected chi connectivity index (χ2v) is 5.12. The van der Waals surface area contributed by atoms with E-state index < -0.39 is 0 Å². The predicted molar refractivity (Wildman–Crippen MR) is 84.8 cm³/mol. The van der Waals surface area contributed by atoms with Crippen LogP contribution in [0.25, 0.3) is 0 Å². The summed E-state index contributed by atoms with van der Waals surface area (Å²) in [4.78, 5) is 22.2. The summed E-state index contributed by atoms with van der Waals surface area (Å²) in [6, 6.07) is 6.66. The van der Waals surface area contributed by atoms with Crippen LogP contribution in [0, 0.1) is 0 Å². The molecule has 0 saturated carbocycles. The molecule has 0 radical (unpaired) electrons. The molecule has 1 aromatic heterocycles. The van der Waals surface area contributed by atoms with Gasteiger partial charge in [0.15, 0.2) is 11.5 Å². The minimum absolute atomic E-state index is 0.201. The second-order valence-electron chi connectivity index (χ2n) is 5.12. The van der Waals surface area contributed by atoms with E-state index >= 15 is 0 Å². The Bertz CT molecular complexity index is 720. The van der Waals surface area contributed by atoms with Gasteiger partial charge in [-0.25, -0.2) is 14.8 Å². The van der Waals surface area contributed by atoms with E-state index in [4.69, 9.17) is 9.47 Å². The molecule has 1 aliphatic heterocycles. The first kappa shape index (κ1) is 14.9. The van der Waals surface area contributed by atoms with Gasteiger partial charge in [-0.3, -0.25) is 0 Å². The Morgan fingerprint density at radius 1 is 1.26 bits per heavy atom. The van der Waals surface area contributed by atoms with Crippen molar-refractivity contribution in [3.63, 3.8) is 0 Å². The van der Waals surface area contributed by atoms with Gasteiger partial charge in [-0.2, -0.15) is 0 Å². The summed E-state index contributed by atoms with van der Waals surface area (Å²) in [6.07, 6.45) is 1.66. The maximum Gasteiger partial charge on any atom is 0.319 e. The molecule has 23 heavy (non-hydrogen) atoms. The monoisotopic (exact) mass is 315 g/mol. The molecule has 2 amide bonds. The number of urea groups is 1. The van der Waals surface area contributed by atoms with Crippen molar-refractivity contribution in [1.82, 2.24) is 15.3 Å². The van der Waals surface area contributed by atoms with E-state index in [1.807, 2.05) is 14.1 Å². The SMILES string of the molecule is CN(C)c1nccc(CNC(=O)Nc2ccc3c(c2)OCO3)n1. The molecule has 0 saturated heterocycles. The summed E-state index contributed by atoms with van der Waals surface area (Å²) in [5.41, 5.74) is 1.35. The van der Waals surface area contributed by atoms with Crippen LogP contribution in [0.3, 0.4) is 0 Å². The lowest BCUT2D eigenvalue weighted by atomic mass is 10.3. The first-order chi connectivity index (χ1) is 11.1. The minimum Gasteiger partial charge on any atom is -0.454 e. The summed E-state index contributed by atoms with van der Waals surface area (Å²) in [6.45, 7) is 0.507. The molecule has 0 aliphatic carbocycles. The number of carbonyl (C=O) groups is 1. The first-order valence-electron chi connectivity index (χ1n) is 7.05. The Morgan fingerprint density at radius 3 is 2.91 bits per heavy atom. The van der Waals surface area contributed by atoms with Gasteiger partial charge in [0.1, 0.15) is 0 Å². The molecule has 0 bridgehead atoms. The highest BCUT2D eigenvalue weighted by Gasteiger charge is 2.14. The van der Waals surface area contributed by atoms with Crippen LogP contribution in [0.15, 0.2) is 30.5 Å². The van der Waals surface area contributed by atoms with Crippen LogP contribution >= 0.6 is 0 Å². The number of aromatic nitrogens is 2. The number of hydrogen-bond donors (Lipinski definition) is 2. The van der Waals surface area contributed by atoms with Crippen LogP contribution in [0.1, 0.15) is 5.69 Å². The highest BCUT2D eigenvalue weighted by atomic mass is 16.7. The summed E-state index contributed by atoms with van der Waals surface area (Å²) in [5.74, 6) is 1.89. The number of anilines is 2. The summed E-state index contributed by atoms with van der Waals surface area (Å²) >= 11 is 0. The number of amides is 2. The molecule has 0 unspecified atom stereocenters. The maximum absolute atomic E-state index is 12.0. The smallest absolute Gasteiger partial charge is 0.319 e. The van der Waals surface area contributed by atoms with Crippen molar-refractivity contribution in [2.24, 2.45) is 0 Å². The zero-order chi connectivity index (χ0) is 16.2. The summed E-state index contributed by atoms with van der Waals surface area (Å²) in [5, 5.41) is 5.49. The number of rotatable bonds is 4. The zero-order valence-electron chi connectivity index (χ0n) is 12.9. The molecular weight excluding hydrogens is 298 g/mol. The van der Waals surface area contributed by atoms with E-state index in [1.165, 1.54) is 0 Å². The number of carbonyl (C=O) groups excluding carboxylic acids is 1. The van der Waals surface area contributed by atoms with Crippen molar-refractivity contribution in [3.8, 4) is 11.5 Å². The molecule has 2 N–H and O–H groups in total. The summed E-state index contributed by atoms with van der Waals surface area (Å²) in [7, 11) is 3.72. The van der Waals surface area contributed by atoms with Crippen molar-refractivity contribution in [3.05, 3.63) is 36.2 Å². The standard InChI is InChI=1S/C15H17N5O3/c1-20(2)14-16-6-5-11(18-14)8-17-15(21)19-10-3-4-12-13(7-10)23-9-22-12/h3-7H,8-9H2,1-2H3,(H2,17,19,21). The molecule has 0 spiro atoms. The van der Waals surface area contributed by atoms with E-state index in [2.05, 4.69) is 20.6 Å². The van der Waals surface area contributed by atoms with Gasteiger partial charge in [0, 0.05) is 32.0 Å². The second kappa shape index (κ2) is 6.39. The van der Waals surface area contributed by atoms with Crippen LogP contribution in [-0.2, 0) is 6.54 Å². The van der Waals surface area contributed by atoms with Crippen molar-refractivity contribution in [2.75, 3.05) is 31.1 Å². The van der Waals surface area contributed by atoms with Crippen molar-refractivity contribution >= 4 is 17.7 Å². The number of ether oxygens (including phenoxy) is 2. The largest absolute Gasteiger partial charge is 0.454 e. The van der Waals surface area contributed by atoms with Crippen molar-refractivity contribution in [2.45, 2.75) is 6.54 Å². The topological polar surface area (TPSA) is 88.6 Å². The number of nitrogens with one attached hydrogen (secondary N) is 2. The summed E-state index contributed by atoms with van der Waals surface area (Å²) < 4.78 is 10.5. The fourth-order valence-corrected chi connectivity index (χ4v) is 2.02. The quantitative estimate of drug-likeness (QED) is 0.891. The van der Waals surface area contributed by atoms with E-state index in [0.29, 0.717) is 29.7 Å². The van der Waals surface area contributed by atoms with Crippen LogP contribution in [0.4, 0.5) is 16.4 Å². The molecule has 2 heterocycles. The van der Waals surface area contributed by atoms with Gasteiger partial charge in [-0.05, 0) is 18.2 Å². The Kier molecular flexibility index (Phi) is 4.13. The van der Waals surface area contributed by atoms with Gasteiger partial charge in [-0.15, -0.1) is 0 Å². The van der Waals surface area contributed by atoms with Gasteiger partial charge >= 0.3 is 6.03 Å². The Labute approximate surface area is 133 Å². The number of fused-ring (bicyclic) bond motifs is 1. The third kappa shape index (κ3) is 3.60. The Balaban J connectivity index is 1.56. The first-order valence-corrected chi connectivity index (χ1v) is 7.05. The maximum atomic E-state index is 12.0.